The highest BCUT2D eigenvalue weighted by molar-refractivity contribution is 7.89. The Hall–Kier alpha value is -1.41. The molecule has 2 fully saturated rings. The zero-order valence-corrected chi connectivity index (χ0v) is 33.8. The van der Waals surface area contributed by atoms with Gasteiger partial charge in [0.2, 0.25) is 0 Å². The minimum Gasteiger partial charge on any atom is -0.414 e. The van der Waals surface area contributed by atoms with Crippen molar-refractivity contribution in [1.29, 1.82) is 0 Å². The van der Waals surface area contributed by atoms with Crippen LogP contribution in [-0.2, 0) is 14.4 Å². The number of hydrogen-bond donors (Lipinski definition) is 2. The molecule has 264 valence electrons. The first-order valence-electron chi connectivity index (χ1n) is 18.7. The highest BCUT2D eigenvalue weighted by Crippen LogP contribution is 2.65. The van der Waals surface area contributed by atoms with Crippen LogP contribution in [-0.4, -0.2) is 22.8 Å². The van der Waals surface area contributed by atoms with E-state index < -0.39 is 18.3 Å². The zero-order chi connectivity index (χ0) is 34.9. The summed E-state index contributed by atoms with van der Waals surface area (Å²) in [5.41, 5.74) is 9.24. The van der Waals surface area contributed by atoms with Gasteiger partial charge in [-0.05, 0) is 121 Å². The Morgan fingerprint density at radius 3 is 2.00 bits per heavy atom. The van der Waals surface area contributed by atoms with Crippen LogP contribution in [0.5, 0.6) is 0 Å². The minimum absolute atomic E-state index is 0.0582. The van der Waals surface area contributed by atoms with Crippen LogP contribution in [0, 0.1) is 28.6 Å². The van der Waals surface area contributed by atoms with E-state index in [0.29, 0.717) is 34.7 Å². The van der Waals surface area contributed by atoms with Crippen LogP contribution in [0.2, 0.25) is 18.1 Å². The standard InChI is InChI=1S/C40H66N2O3SSi/c1-25(2)28-22-32(26(3)4)37(33(23-28)27(5)6)46(43,44)42-41-36-17-16-34-31-15-14-29-24-30(45-47(12,13)38(7,8)9)18-20-39(29,10)35(31)19-21-40(34,36)11/h14,17,22-23,25-27,30-31,34-35,41-42H,15-16,18-21,24H2,1-13H3. The summed E-state index contributed by atoms with van der Waals surface area (Å²) in [6, 6.07) is 4.23. The third-order valence-electron chi connectivity index (χ3n) is 13.6. The molecule has 5 nitrogen and oxygen atoms in total. The normalized spacial score (nSPS) is 31.4. The molecular formula is C40H66N2O3SSi. The van der Waals surface area contributed by atoms with Gasteiger partial charge in [0, 0.05) is 17.2 Å². The Bertz CT molecular complexity index is 1490. The van der Waals surface area contributed by atoms with Crippen LogP contribution in [0.1, 0.15) is 156 Å². The molecule has 2 saturated carbocycles. The molecule has 0 radical (unpaired) electrons. The monoisotopic (exact) mass is 682 g/mol. The summed E-state index contributed by atoms with van der Waals surface area (Å²) in [6.45, 7) is 29.5. The molecule has 7 heteroatoms. The van der Waals surface area contributed by atoms with Gasteiger partial charge in [-0.1, -0.05) is 106 Å². The SMILES string of the molecule is CC(C)c1cc(C(C)C)c(S(=O)(=O)NNC2=CCC3C4CC=C5CC(O[Si](C)(C)C(C)(C)C)CCC5(C)C4CCC23C)c(C(C)C)c1. The number of hydrogen-bond acceptors (Lipinski definition) is 4. The fraction of sp³-hybridized carbons (Fsp3) is 0.750. The molecule has 0 bridgehead atoms. The van der Waals surface area contributed by atoms with Crippen molar-refractivity contribution in [2.45, 2.75) is 168 Å². The summed E-state index contributed by atoms with van der Waals surface area (Å²) in [5.74, 6) is 2.35. The number of benzene rings is 1. The van der Waals surface area contributed by atoms with Gasteiger partial charge in [-0.3, -0.25) is 0 Å². The molecule has 0 spiro atoms. The van der Waals surface area contributed by atoms with Gasteiger partial charge in [0.05, 0.1) is 4.90 Å². The molecule has 0 aliphatic heterocycles. The zero-order valence-electron chi connectivity index (χ0n) is 31.9. The molecule has 4 aliphatic rings. The maximum absolute atomic E-state index is 14.2. The van der Waals surface area contributed by atoms with Crippen LogP contribution in [0.3, 0.4) is 0 Å². The number of hydrazine groups is 1. The molecule has 2 N–H and O–H groups in total. The van der Waals surface area contributed by atoms with E-state index in [-0.39, 0.29) is 27.7 Å². The quantitative estimate of drug-likeness (QED) is 0.155. The van der Waals surface area contributed by atoms with Crippen LogP contribution in [0.25, 0.3) is 0 Å². The number of sulfonamides is 1. The summed E-state index contributed by atoms with van der Waals surface area (Å²) in [7, 11) is -5.60. The fourth-order valence-electron chi connectivity index (χ4n) is 9.46. The number of nitrogens with one attached hydrogen (secondary N) is 2. The van der Waals surface area contributed by atoms with Crippen LogP contribution in [0.4, 0.5) is 0 Å². The summed E-state index contributed by atoms with van der Waals surface area (Å²) < 4.78 is 35.3. The second kappa shape index (κ2) is 12.7. The van der Waals surface area contributed by atoms with E-state index in [1.807, 2.05) is 0 Å². The van der Waals surface area contributed by atoms with Gasteiger partial charge in [0.15, 0.2) is 8.32 Å². The molecule has 0 aromatic heterocycles. The number of rotatable bonds is 9. The number of fused-ring (bicyclic) bond motifs is 5. The average Bonchev–Trinajstić information content (AvgIpc) is 3.31. The number of allylic oxidation sites excluding steroid dienone is 3. The van der Waals surface area contributed by atoms with Gasteiger partial charge < -0.3 is 9.85 Å². The van der Waals surface area contributed by atoms with E-state index in [1.165, 1.54) is 18.4 Å². The average molecular weight is 683 g/mol. The Morgan fingerprint density at radius 1 is 0.851 bits per heavy atom. The van der Waals surface area contributed by atoms with Crippen molar-refractivity contribution in [1.82, 2.24) is 10.3 Å². The Labute approximate surface area is 289 Å². The van der Waals surface area contributed by atoms with Gasteiger partial charge in [-0.25, -0.2) is 8.42 Å². The lowest BCUT2D eigenvalue weighted by atomic mass is 9.48. The van der Waals surface area contributed by atoms with Gasteiger partial charge >= 0.3 is 0 Å². The van der Waals surface area contributed by atoms with E-state index in [9.17, 15) is 8.42 Å². The van der Waals surface area contributed by atoms with Gasteiger partial charge in [0.1, 0.15) is 0 Å². The first-order valence-corrected chi connectivity index (χ1v) is 23.0. The smallest absolute Gasteiger partial charge is 0.257 e. The predicted molar refractivity (Wildman–Crippen MR) is 199 cm³/mol. The molecule has 6 unspecified atom stereocenters. The summed E-state index contributed by atoms with van der Waals surface area (Å²) >= 11 is 0. The van der Waals surface area contributed by atoms with Gasteiger partial charge in [-0.2, -0.15) is 0 Å². The Kier molecular flexibility index (Phi) is 9.98. The van der Waals surface area contributed by atoms with Crippen LogP contribution in [0.15, 0.2) is 40.5 Å². The van der Waals surface area contributed by atoms with Crippen molar-refractivity contribution in [3.8, 4) is 0 Å². The Morgan fingerprint density at radius 2 is 1.45 bits per heavy atom. The molecule has 5 rings (SSSR count). The predicted octanol–water partition coefficient (Wildman–Crippen LogP) is 10.7. The highest BCUT2D eigenvalue weighted by Gasteiger charge is 2.57. The first kappa shape index (κ1) is 36.9. The van der Waals surface area contributed by atoms with Crippen molar-refractivity contribution in [2.75, 3.05) is 0 Å². The molecule has 1 aromatic carbocycles. The van der Waals surface area contributed by atoms with Gasteiger partial charge in [-0.15, -0.1) is 4.83 Å². The first-order chi connectivity index (χ1) is 21.6. The van der Waals surface area contributed by atoms with Crippen molar-refractivity contribution in [2.24, 2.45) is 28.6 Å². The molecule has 0 saturated heterocycles. The molecule has 47 heavy (non-hydrogen) atoms. The van der Waals surface area contributed by atoms with Crippen LogP contribution < -0.4 is 10.3 Å². The lowest BCUT2D eigenvalue weighted by Gasteiger charge is -2.58. The van der Waals surface area contributed by atoms with E-state index >= 15 is 0 Å². The molecule has 1 aromatic rings. The topological polar surface area (TPSA) is 67.4 Å². The van der Waals surface area contributed by atoms with E-state index in [0.717, 1.165) is 48.9 Å². The molecule has 4 aliphatic carbocycles. The summed E-state index contributed by atoms with van der Waals surface area (Å²) in [4.78, 5) is 3.36. The molecule has 0 amide bonds. The minimum atomic E-state index is -3.80. The van der Waals surface area contributed by atoms with E-state index in [1.54, 1.807) is 5.57 Å². The summed E-state index contributed by atoms with van der Waals surface area (Å²) in [5, 5.41) is 0.231. The molecule has 0 heterocycles. The third kappa shape index (κ3) is 6.61. The molecular weight excluding hydrogens is 617 g/mol. The second-order valence-corrected chi connectivity index (χ2v) is 24.9. The van der Waals surface area contributed by atoms with E-state index in [2.05, 4.69) is 124 Å². The largest absolute Gasteiger partial charge is 0.414 e. The van der Waals surface area contributed by atoms with Gasteiger partial charge in [0.25, 0.3) is 10.0 Å². The lowest BCUT2D eigenvalue weighted by Crippen LogP contribution is -2.52. The maximum Gasteiger partial charge on any atom is 0.257 e. The lowest BCUT2D eigenvalue weighted by molar-refractivity contribution is -0.0298. The fourth-order valence-corrected chi connectivity index (χ4v) is 12.4. The van der Waals surface area contributed by atoms with Crippen molar-refractivity contribution in [3.63, 3.8) is 0 Å². The second-order valence-electron chi connectivity index (χ2n) is 18.5. The van der Waals surface area contributed by atoms with Crippen molar-refractivity contribution < 1.29 is 12.8 Å². The third-order valence-corrected chi connectivity index (χ3v) is 19.5. The van der Waals surface area contributed by atoms with Crippen molar-refractivity contribution >= 4 is 18.3 Å². The van der Waals surface area contributed by atoms with Crippen LogP contribution >= 0.6 is 0 Å². The van der Waals surface area contributed by atoms with Crippen molar-refractivity contribution in [3.05, 3.63) is 52.2 Å². The van der Waals surface area contributed by atoms with E-state index in [4.69, 9.17) is 4.43 Å². The highest BCUT2D eigenvalue weighted by atomic mass is 32.2. The Balaban J connectivity index is 1.33. The maximum atomic E-state index is 14.2. The summed E-state index contributed by atoms with van der Waals surface area (Å²) in [6.07, 6.45) is 13.1. The molecule has 6 atom stereocenters.